The number of aryl methyl sites for hydroxylation is 2. The third-order valence-electron chi connectivity index (χ3n) is 5.44. The molecule has 2 heterocycles. The topological polar surface area (TPSA) is 59.8 Å². The zero-order chi connectivity index (χ0) is 24.2. The molecule has 0 aliphatic rings. The minimum Gasteiger partial charge on any atom is -0.325 e. The molecular weight excluding hydrogens is 472 g/mol. The highest BCUT2D eigenvalue weighted by Gasteiger charge is 2.27. The third kappa shape index (κ3) is 5.21. The highest BCUT2D eigenvalue weighted by Crippen LogP contribution is 2.39. The first-order valence-corrected chi connectivity index (χ1v) is 13.0. The first kappa shape index (κ1) is 23.1. The molecule has 0 fully saturated rings. The summed E-state index contributed by atoms with van der Waals surface area (Å²) in [5.41, 5.74) is 4.85. The SMILES string of the molecule is Cc1cc(C)cc(NC(=O)C(Sc2nnc(-c3cccs3)n2-c2ccccc2)c2ccccc2)c1. The van der Waals surface area contributed by atoms with Gasteiger partial charge in [0.05, 0.1) is 4.88 Å². The van der Waals surface area contributed by atoms with Crippen molar-refractivity contribution in [1.29, 1.82) is 0 Å². The van der Waals surface area contributed by atoms with Gasteiger partial charge in [-0.3, -0.25) is 9.36 Å². The number of carbonyl (C=O) groups is 1. The lowest BCUT2D eigenvalue weighted by molar-refractivity contribution is -0.115. The molecule has 0 spiro atoms. The second kappa shape index (κ2) is 10.3. The van der Waals surface area contributed by atoms with Crippen molar-refractivity contribution >= 4 is 34.7 Å². The molecule has 3 aromatic carbocycles. The van der Waals surface area contributed by atoms with E-state index in [0.717, 1.165) is 38.8 Å². The van der Waals surface area contributed by atoms with Gasteiger partial charge in [0.15, 0.2) is 11.0 Å². The number of benzene rings is 3. The number of thioether (sulfide) groups is 1. The summed E-state index contributed by atoms with van der Waals surface area (Å²) in [7, 11) is 0. The van der Waals surface area contributed by atoms with E-state index in [-0.39, 0.29) is 5.91 Å². The van der Waals surface area contributed by atoms with E-state index in [9.17, 15) is 4.79 Å². The van der Waals surface area contributed by atoms with Crippen LogP contribution in [0, 0.1) is 13.8 Å². The number of nitrogens with one attached hydrogen (secondary N) is 1. The number of para-hydroxylation sites is 1. The van der Waals surface area contributed by atoms with Crippen LogP contribution in [-0.2, 0) is 4.79 Å². The van der Waals surface area contributed by atoms with Gasteiger partial charge in [0.1, 0.15) is 5.25 Å². The second-order valence-electron chi connectivity index (χ2n) is 8.23. The summed E-state index contributed by atoms with van der Waals surface area (Å²) < 4.78 is 2.02. The number of nitrogens with zero attached hydrogens (tertiary/aromatic N) is 3. The molecule has 35 heavy (non-hydrogen) atoms. The van der Waals surface area contributed by atoms with Gasteiger partial charge in [-0.15, -0.1) is 21.5 Å². The Morgan fingerprint density at radius 2 is 1.57 bits per heavy atom. The molecule has 0 saturated heterocycles. The van der Waals surface area contributed by atoms with Crippen molar-refractivity contribution in [2.24, 2.45) is 0 Å². The van der Waals surface area contributed by atoms with Crippen LogP contribution in [0.5, 0.6) is 0 Å². The van der Waals surface area contributed by atoms with Crippen LogP contribution < -0.4 is 5.32 Å². The summed E-state index contributed by atoms with van der Waals surface area (Å²) in [6.45, 7) is 4.06. The van der Waals surface area contributed by atoms with Gasteiger partial charge in [-0.1, -0.05) is 72.4 Å². The largest absolute Gasteiger partial charge is 0.325 e. The number of hydrogen-bond donors (Lipinski definition) is 1. The van der Waals surface area contributed by atoms with Crippen LogP contribution in [0.4, 0.5) is 5.69 Å². The molecule has 0 aliphatic carbocycles. The molecule has 1 amide bonds. The quantitative estimate of drug-likeness (QED) is 0.245. The molecule has 174 valence electrons. The predicted octanol–water partition coefficient (Wildman–Crippen LogP) is 7.08. The molecule has 1 unspecified atom stereocenters. The van der Waals surface area contributed by atoms with Crippen molar-refractivity contribution < 1.29 is 4.79 Å². The van der Waals surface area contributed by atoms with E-state index >= 15 is 0 Å². The van der Waals surface area contributed by atoms with Crippen molar-refractivity contribution in [1.82, 2.24) is 14.8 Å². The van der Waals surface area contributed by atoms with E-state index in [2.05, 4.69) is 21.6 Å². The highest BCUT2D eigenvalue weighted by atomic mass is 32.2. The van der Waals surface area contributed by atoms with Gasteiger partial charge >= 0.3 is 0 Å². The number of rotatable bonds is 7. The molecule has 0 saturated carbocycles. The van der Waals surface area contributed by atoms with Crippen molar-refractivity contribution in [2.75, 3.05) is 5.32 Å². The summed E-state index contributed by atoms with van der Waals surface area (Å²) in [6.07, 6.45) is 0. The van der Waals surface area contributed by atoms with Crippen LogP contribution in [-0.4, -0.2) is 20.7 Å². The fraction of sp³-hybridized carbons (Fsp3) is 0.107. The normalized spacial score (nSPS) is 11.8. The zero-order valence-electron chi connectivity index (χ0n) is 19.4. The van der Waals surface area contributed by atoms with Crippen molar-refractivity contribution in [3.8, 4) is 16.4 Å². The standard InChI is InChI=1S/C28H24N4OS2/c1-19-16-20(2)18-22(17-19)29-27(33)25(21-10-5-3-6-11-21)35-28-31-30-26(24-14-9-15-34-24)32(28)23-12-7-4-8-13-23/h3-18,25H,1-2H3,(H,29,33). The Morgan fingerprint density at radius 1 is 0.886 bits per heavy atom. The first-order chi connectivity index (χ1) is 17.1. The van der Waals surface area contributed by atoms with E-state index in [1.54, 1.807) is 11.3 Å². The van der Waals surface area contributed by atoms with Gasteiger partial charge in [-0.25, -0.2) is 0 Å². The number of anilines is 1. The predicted molar refractivity (Wildman–Crippen MR) is 144 cm³/mol. The number of carbonyl (C=O) groups excluding carboxylic acids is 1. The van der Waals surface area contributed by atoms with E-state index in [1.807, 2.05) is 109 Å². The fourth-order valence-electron chi connectivity index (χ4n) is 3.98. The number of hydrogen-bond acceptors (Lipinski definition) is 5. The Bertz CT molecular complexity index is 1410. The zero-order valence-corrected chi connectivity index (χ0v) is 21.0. The van der Waals surface area contributed by atoms with Crippen LogP contribution in [0.25, 0.3) is 16.4 Å². The van der Waals surface area contributed by atoms with E-state index in [1.165, 1.54) is 11.8 Å². The Labute approximate surface area is 212 Å². The number of thiophene rings is 1. The van der Waals surface area contributed by atoms with Gasteiger partial charge in [-0.2, -0.15) is 0 Å². The van der Waals surface area contributed by atoms with E-state index < -0.39 is 5.25 Å². The molecule has 7 heteroatoms. The molecule has 2 aromatic heterocycles. The lowest BCUT2D eigenvalue weighted by Crippen LogP contribution is -2.19. The molecule has 5 aromatic rings. The van der Waals surface area contributed by atoms with Crippen LogP contribution in [0.3, 0.4) is 0 Å². The van der Waals surface area contributed by atoms with E-state index in [4.69, 9.17) is 0 Å². The smallest absolute Gasteiger partial charge is 0.242 e. The third-order valence-corrected chi connectivity index (χ3v) is 7.51. The number of amides is 1. The maximum absolute atomic E-state index is 13.6. The Morgan fingerprint density at radius 3 is 2.23 bits per heavy atom. The molecule has 1 N–H and O–H groups in total. The minimum absolute atomic E-state index is 0.105. The van der Waals surface area contributed by atoms with E-state index in [0.29, 0.717) is 5.16 Å². The van der Waals surface area contributed by atoms with Crippen LogP contribution >= 0.6 is 23.1 Å². The van der Waals surface area contributed by atoms with Crippen molar-refractivity contribution in [2.45, 2.75) is 24.3 Å². The Hall–Kier alpha value is -3.68. The molecule has 5 nitrogen and oxygen atoms in total. The minimum atomic E-state index is -0.514. The molecule has 0 radical (unpaired) electrons. The summed E-state index contributed by atoms with van der Waals surface area (Å²) in [5.74, 6) is 0.654. The molecular formula is C28H24N4OS2. The van der Waals surface area contributed by atoms with Crippen molar-refractivity contribution in [3.05, 3.63) is 113 Å². The van der Waals surface area contributed by atoms with Gasteiger partial charge in [0.25, 0.3) is 0 Å². The first-order valence-electron chi connectivity index (χ1n) is 11.2. The highest BCUT2D eigenvalue weighted by molar-refractivity contribution is 8.00. The second-order valence-corrected chi connectivity index (χ2v) is 10.2. The van der Waals surface area contributed by atoms with Crippen molar-refractivity contribution in [3.63, 3.8) is 0 Å². The van der Waals surface area contributed by atoms with Crippen LogP contribution in [0.2, 0.25) is 0 Å². The van der Waals surface area contributed by atoms with Crippen LogP contribution in [0.15, 0.2) is 102 Å². The average Bonchev–Trinajstić information content (AvgIpc) is 3.53. The summed E-state index contributed by atoms with van der Waals surface area (Å²) in [5, 5.41) is 14.3. The van der Waals surface area contributed by atoms with Gasteiger partial charge in [0, 0.05) is 11.4 Å². The maximum atomic E-state index is 13.6. The monoisotopic (exact) mass is 496 g/mol. The summed E-state index contributed by atoms with van der Waals surface area (Å²) in [6, 6.07) is 29.9. The molecule has 0 aliphatic heterocycles. The summed E-state index contributed by atoms with van der Waals surface area (Å²) >= 11 is 3.01. The Balaban J connectivity index is 1.55. The number of aromatic nitrogens is 3. The van der Waals surface area contributed by atoms with Gasteiger partial charge in [-0.05, 0) is 66.2 Å². The lowest BCUT2D eigenvalue weighted by atomic mass is 10.1. The molecule has 0 bridgehead atoms. The fourth-order valence-corrected chi connectivity index (χ4v) is 5.74. The molecule has 1 atom stereocenters. The van der Waals surface area contributed by atoms with Crippen LogP contribution in [0.1, 0.15) is 21.9 Å². The molecule has 5 rings (SSSR count). The van der Waals surface area contributed by atoms with Gasteiger partial charge in [0.2, 0.25) is 5.91 Å². The maximum Gasteiger partial charge on any atom is 0.242 e. The lowest BCUT2D eigenvalue weighted by Gasteiger charge is -2.18. The average molecular weight is 497 g/mol. The summed E-state index contributed by atoms with van der Waals surface area (Å²) in [4.78, 5) is 14.7. The Kier molecular flexibility index (Phi) is 6.79. The van der Waals surface area contributed by atoms with Gasteiger partial charge < -0.3 is 5.32 Å².